The first kappa shape index (κ1) is 26.9. The topological polar surface area (TPSA) is 105 Å². The molecule has 12 heteroatoms. The summed E-state index contributed by atoms with van der Waals surface area (Å²) in [5, 5.41) is 3.27. The van der Waals surface area contributed by atoms with E-state index in [2.05, 4.69) is 5.32 Å². The van der Waals surface area contributed by atoms with Crippen LogP contribution in [0.5, 0.6) is 11.5 Å². The fourth-order valence-electron chi connectivity index (χ4n) is 3.53. The third kappa shape index (κ3) is 6.31. The SMILES string of the molecule is CCS(=O)(=O)N(CC(=O)N(Cc1ccc(Cl)cc1Cl)C(C)C(=O)NC)c1ccc2c(c1)OCCO2. The van der Waals surface area contributed by atoms with Gasteiger partial charge in [0, 0.05) is 29.7 Å². The van der Waals surface area contributed by atoms with Crippen LogP contribution in [0.3, 0.4) is 0 Å². The largest absolute Gasteiger partial charge is 0.486 e. The zero-order valence-corrected chi connectivity index (χ0v) is 21.9. The first-order valence-electron chi connectivity index (χ1n) is 10.9. The van der Waals surface area contributed by atoms with Crippen LogP contribution < -0.4 is 19.1 Å². The highest BCUT2D eigenvalue weighted by Gasteiger charge is 2.31. The van der Waals surface area contributed by atoms with E-state index in [1.165, 1.54) is 31.0 Å². The first-order chi connectivity index (χ1) is 16.6. The first-order valence-corrected chi connectivity index (χ1v) is 13.3. The summed E-state index contributed by atoms with van der Waals surface area (Å²) in [4.78, 5) is 27.3. The Morgan fingerprint density at radius 2 is 1.77 bits per heavy atom. The van der Waals surface area contributed by atoms with Crippen molar-refractivity contribution in [1.82, 2.24) is 10.2 Å². The lowest BCUT2D eigenvalue weighted by atomic mass is 10.1. The molecule has 1 N–H and O–H groups in total. The number of hydrogen-bond acceptors (Lipinski definition) is 6. The summed E-state index contributed by atoms with van der Waals surface area (Å²) in [7, 11) is -2.40. The summed E-state index contributed by atoms with van der Waals surface area (Å²) in [6, 6.07) is 8.60. The van der Waals surface area contributed by atoms with Crippen LogP contribution in [0, 0.1) is 0 Å². The Morgan fingerprint density at radius 3 is 2.40 bits per heavy atom. The molecule has 0 fully saturated rings. The van der Waals surface area contributed by atoms with Crippen molar-refractivity contribution in [3.8, 4) is 11.5 Å². The average Bonchev–Trinajstić information content (AvgIpc) is 2.85. The molecule has 0 saturated heterocycles. The van der Waals surface area contributed by atoms with Crippen molar-refractivity contribution in [2.45, 2.75) is 26.4 Å². The lowest BCUT2D eigenvalue weighted by Crippen LogP contribution is -2.51. The van der Waals surface area contributed by atoms with Crippen LogP contribution in [-0.2, 0) is 26.2 Å². The molecule has 1 aliphatic rings. The fraction of sp³-hybridized carbons (Fsp3) is 0.391. The third-order valence-corrected chi connectivity index (χ3v) is 7.89. The number of carbonyl (C=O) groups excluding carboxylic acids is 2. The van der Waals surface area contributed by atoms with E-state index in [-0.39, 0.29) is 18.0 Å². The Labute approximate surface area is 214 Å². The number of ether oxygens (including phenoxy) is 2. The molecule has 0 spiro atoms. The smallest absolute Gasteiger partial charge is 0.244 e. The van der Waals surface area contributed by atoms with Crippen molar-refractivity contribution in [1.29, 1.82) is 0 Å². The molecule has 1 atom stereocenters. The molecule has 2 amide bonds. The van der Waals surface area contributed by atoms with Gasteiger partial charge in [-0.2, -0.15) is 0 Å². The molecule has 0 bridgehead atoms. The van der Waals surface area contributed by atoms with Crippen molar-refractivity contribution in [3.63, 3.8) is 0 Å². The highest BCUT2D eigenvalue weighted by atomic mass is 35.5. The van der Waals surface area contributed by atoms with Crippen LogP contribution in [0.25, 0.3) is 0 Å². The van der Waals surface area contributed by atoms with Crippen LogP contribution in [0.15, 0.2) is 36.4 Å². The average molecular weight is 544 g/mol. The van der Waals surface area contributed by atoms with Gasteiger partial charge in [-0.15, -0.1) is 0 Å². The van der Waals surface area contributed by atoms with Crippen molar-refractivity contribution in [2.24, 2.45) is 0 Å². The van der Waals surface area contributed by atoms with Crippen LogP contribution >= 0.6 is 23.2 Å². The van der Waals surface area contributed by atoms with Crippen molar-refractivity contribution in [3.05, 3.63) is 52.0 Å². The van der Waals surface area contributed by atoms with Gasteiger partial charge in [-0.3, -0.25) is 13.9 Å². The van der Waals surface area contributed by atoms with E-state index in [0.29, 0.717) is 40.3 Å². The minimum atomic E-state index is -3.86. The quantitative estimate of drug-likeness (QED) is 0.521. The van der Waals surface area contributed by atoms with E-state index in [1.54, 1.807) is 31.2 Å². The molecule has 1 heterocycles. The minimum absolute atomic E-state index is 0.0232. The van der Waals surface area contributed by atoms with E-state index in [9.17, 15) is 18.0 Å². The summed E-state index contributed by atoms with van der Waals surface area (Å²) in [5.41, 5.74) is 0.811. The number of carbonyl (C=O) groups is 2. The van der Waals surface area contributed by atoms with Gasteiger partial charge < -0.3 is 19.7 Å². The number of amides is 2. The molecule has 1 aliphatic heterocycles. The number of hydrogen-bond donors (Lipinski definition) is 1. The molecule has 0 radical (unpaired) electrons. The van der Waals surface area contributed by atoms with Gasteiger partial charge in [0.2, 0.25) is 21.8 Å². The summed E-state index contributed by atoms with van der Waals surface area (Å²) in [6.45, 7) is 3.22. The van der Waals surface area contributed by atoms with Gasteiger partial charge in [-0.1, -0.05) is 29.3 Å². The van der Waals surface area contributed by atoms with Crippen molar-refractivity contribution >= 4 is 50.7 Å². The maximum absolute atomic E-state index is 13.5. The summed E-state index contributed by atoms with van der Waals surface area (Å²) in [6.07, 6.45) is 0. The van der Waals surface area contributed by atoms with E-state index < -0.39 is 34.4 Å². The van der Waals surface area contributed by atoms with Gasteiger partial charge in [0.05, 0.1) is 11.4 Å². The van der Waals surface area contributed by atoms with Gasteiger partial charge in [0.25, 0.3) is 0 Å². The standard InChI is InChI=1S/C23H27Cl2N3O6S/c1-4-35(31,32)28(18-7-8-20-21(12-18)34-10-9-33-20)14-22(29)27(15(2)23(30)26-3)13-16-5-6-17(24)11-19(16)25/h5-8,11-12,15H,4,9-10,13-14H2,1-3H3,(H,26,30). The van der Waals surface area contributed by atoms with Gasteiger partial charge in [-0.05, 0) is 43.7 Å². The van der Waals surface area contributed by atoms with Gasteiger partial charge in [-0.25, -0.2) is 8.42 Å². The lowest BCUT2D eigenvalue weighted by molar-refractivity contribution is -0.139. The number of nitrogens with one attached hydrogen (secondary N) is 1. The molecule has 0 aromatic heterocycles. The number of likely N-dealkylation sites (N-methyl/N-ethyl adjacent to an activating group) is 1. The van der Waals surface area contributed by atoms with E-state index >= 15 is 0 Å². The van der Waals surface area contributed by atoms with Gasteiger partial charge >= 0.3 is 0 Å². The number of rotatable bonds is 9. The number of sulfonamides is 1. The van der Waals surface area contributed by atoms with E-state index in [1.807, 2.05) is 0 Å². The number of nitrogens with zero attached hydrogens (tertiary/aromatic N) is 2. The Balaban J connectivity index is 1.96. The molecule has 3 rings (SSSR count). The zero-order valence-electron chi connectivity index (χ0n) is 19.6. The van der Waals surface area contributed by atoms with Crippen LogP contribution in [0.1, 0.15) is 19.4 Å². The fourth-order valence-corrected chi connectivity index (χ4v) is 5.05. The summed E-state index contributed by atoms with van der Waals surface area (Å²) in [5.74, 6) is -0.344. The lowest BCUT2D eigenvalue weighted by Gasteiger charge is -2.32. The molecule has 190 valence electrons. The number of benzene rings is 2. The third-order valence-electron chi connectivity index (χ3n) is 5.56. The molecular formula is C23H27Cl2N3O6S. The molecule has 35 heavy (non-hydrogen) atoms. The van der Waals surface area contributed by atoms with E-state index in [4.69, 9.17) is 32.7 Å². The van der Waals surface area contributed by atoms with Crippen LogP contribution in [0.4, 0.5) is 5.69 Å². The van der Waals surface area contributed by atoms with Crippen molar-refractivity contribution in [2.75, 3.05) is 36.9 Å². The second-order valence-electron chi connectivity index (χ2n) is 7.78. The predicted molar refractivity (Wildman–Crippen MR) is 135 cm³/mol. The van der Waals surface area contributed by atoms with Crippen LogP contribution in [0.2, 0.25) is 10.0 Å². The minimum Gasteiger partial charge on any atom is -0.486 e. The number of anilines is 1. The predicted octanol–water partition coefficient (Wildman–Crippen LogP) is 3.08. The Kier molecular flexibility index (Phi) is 8.74. The summed E-state index contributed by atoms with van der Waals surface area (Å²) >= 11 is 12.3. The van der Waals surface area contributed by atoms with Crippen LogP contribution in [-0.4, -0.2) is 63.7 Å². The zero-order chi connectivity index (χ0) is 25.8. The van der Waals surface area contributed by atoms with E-state index in [0.717, 1.165) is 4.31 Å². The molecule has 1 unspecified atom stereocenters. The highest BCUT2D eigenvalue weighted by Crippen LogP contribution is 2.35. The summed E-state index contributed by atoms with van der Waals surface area (Å²) < 4.78 is 38.1. The highest BCUT2D eigenvalue weighted by molar-refractivity contribution is 7.92. The van der Waals surface area contributed by atoms with Gasteiger partial charge in [0.15, 0.2) is 11.5 Å². The molecule has 0 aliphatic carbocycles. The number of fused-ring (bicyclic) bond motifs is 1. The molecule has 0 saturated carbocycles. The normalized spacial score (nSPS) is 13.6. The Hall–Kier alpha value is -2.69. The molecule has 2 aromatic carbocycles. The molecule has 9 nitrogen and oxygen atoms in total. The second kappa shape index (κ2) is 11.4. The monoisotopic (exact) mass is 543 g/mol. The number of halogens is 2. The maximum atomic E-state index is 13.5. The van der Waals surface area contributed by atoms with Crippen molar-refractivity contribution < 1.29 is 27.5 Å². The Bertz CT molecular complexity index is 1210. The van der Waals surface area contributed by atoms with Gasteiger partial charge in [0.1, 0.15) is 25.8 Å². The molecule has 2 aromatic rings. The second-order valence-corrected chi connectivity index (χ2v) is 10.8. The maximum Gasteiger partial charge on any atom is 0.244 e. The molecular weight excluding hydrogens is 517 g/mol. The Morgan fingerprint density at radius 1 is 1.09 bits per heavy atom.